The summed E-state index contributed by atoms with van der Waals surface area (Å²) in [5.41, 5.74) is 0.934. The Hall–Kier alpha value is -2.60. The minimum absolute atomic E-state index is 0.394. The molecule has 2 aromatic rings. The van der Waals surface area contributed by atoms with E-state index in [1.807, 2.05) is 24.3 Å². The van der Waals surface area contributed by atoms with Crippen molar-refractivity contribution >= 4 is 23.6 Å². The average Bonchev–Trinajstić information content (AvgIpc) is 2.71. The van der Waals surface area contributed by atoms with Gasteiger partial charge in [-0.15, -0.1) is 5.10 Å². The quantitative estimate of drug-likeness (QED) is 0.297. The number of aromatic nitrogens is 2. The number of benzene rings is 1. The van der Waals surface area contributed by atoms with Crippen LogP contribution in [0, 0.1) is 5.92 Å². The van der Waals surface area contributed by atoms with Gasteiger partial charge in [-0.2, -0.15) is 5.10 Å². The van der Waals surface area contributed by atoms with Gasteiger partial charge in [0.05, 0.1) is 24.0 Å². The maximum atomic E-state index is 6.21. The van der Waals surface area contributed by atoms with Crippen LogP contribution in [0.3, 0.4) is 0 Å². The number of halogens is 1. The van der Waals surface area contributed by atoms with Crippen LogP contribution in [-0.2, 0) is 4.84 Å². The molecule has 142 valence electrons. The zero-order valence-electron chi connectivity index (χ0n) is 15.1. The Labute approximate surface area is 164 Å². The summed E-state index contributed by atoms with van der Waals surface area (Å²) < 4.78 is 5.99. The number of ether oxygens (including phenoxy) is 1. The van der Waals surface area contributed by atoms with Crippen LogP contribution in [0.4, 0.5) is 5.82 Å². The molecule has 3 rings (SSSR count). The summed E-state index contributed by atoms with van der Waals surface area (Å²) in [7, 11) is 0. The second-order valence-electron chi connectivity index (χ2n) is 6.34. The van der Waals surface area contributed by atoms with Gasteiger partial charge in [0.1, 0.15) is 12.4 Å². The number of oxime groups is 1. The first kappa shape index (κ1) is 19.2. The number of rotatable bonds is 8. The number of hydrogen-bond donors (Lipinski definition) is 0. The van der Waals surface area contributed by atoms with E-state index in [1.54, 1.807) is 24.6 Å². The van der Waals surface area contributed by atoms with Crippen LogP contribution in [-0.4, -0.2) is 42.7 Å². The molecule has 0 N–H and O–H groups in total. The normalized spacial score (nSPS) is 15.1. The molecular weight excluding hydrogens is 364 g/mol. The fraction of sp³-hybridized carbons (Fsp3) is 0.350. The SMILES string of the molecule is C=CCON=Cc1cccc(OCC2CCN(c3nnccc3Cl)CC2)c1. The third-order valence-electron chi connectivity index (χ3n) is 4.38. The molecular formula is C20H23ClN4O2. The predicted molar refractivity (Wildman–Crippen MR) is 108 cm³/mol. The van der Waals surface area contributed by atoms with Gasteiger partial charge in [-0.1, -0.05) is 41.5 Å². The number of nitrogens with zero attached hydrogens (tertiary/aromatic N) is 4. The molecule has 27 heavy (non-hydrogen) atoms. The third-order valence-corrected chi connectivity index (χ3v) is 4.68. The van der Waals surface area contributed by atoms with E-state index in [0.29, 0.717) is 24.2 Å². The fourth-order valence-corrected chi connectivity index (χ4v) is 3.14. The number of hydrogen-bond acceptors (Lipinski definition) is 6. The molecule has 1 aromatic carbocycles. The molecule has 1 fully saturated rings. The van der Waals surface area contributed by atoms with Crippen LogP contribution in [0.1, 0.15) is 18.4 Å². The lowest BCUT2D eigenvalue weighted by Gasteiger charge is -2.32. The predicted octanol–water partition coefficient (Wildman–Crippen LogP) is 3.96. The second-order valence-corrected chi connectivity index (χ2v) is 6.74. The molecule has 1 aliphatic rings. The topological polar surface area (TPSA) is 59.8 Å². The summed E-state index contributed by atoms with van der Waals surface area (Å²) in [6.45, 7) is 6.47. The minimum Gasteiger partial charge on any atom is -0.493 e. The van der Waals surface area contributed by atoms with Crippen molar-refractivity contribution in [2.45, 2.75) is 12.8 Å². The molecule has 0 unspecified atom stereocenters. The first-order valence-electron chi connectivity index (χ1n) is 8.97. The summed E-state index contributed by atoms with van der Waals surface area (Å²) in [5, 5.41) is 12.6. The van der Waals surface area contributed by atoms with Crippen molar-refractivity contribution in [1.82, 2.24) is 10.2 Å². The van der Waals surface area contributed by atoms with Crippen molar-refractivity contribution in [2.24, 2.45) is 11.1 Å². The monoisotopic (exact) mass is 386 g/mol. The second kappa shape index (κ2) is 9.92. The molecule has 0 aliphatic carbocycles. The van der Waals surface area contributed by atoms with Crippen LogP contribution in [0.5, 0.6) is 5.75 Å². The lowest BCUT2D eigenvalue weighted by Crippen LogP contribution is -2.36. The highest BCUT2D eigenvalue weighted by Gasteiger charge is 2.22. The highest BCUT2D eigenvalue weighted by atomic mass is 35.5. The summed E-state index contributed by atoms with van der Waals surface area (Å²) >= 11 is 6.21. The molecule has 0 saturated carbocycles. The Kier molecular flexibility index (Phi) is 7.04. The third kappa shape index (κ3) is 5.69. The Morgan fingerprint density at radius 3 is 2.93 bits per heavy atom. The summed E-state index contributed by atoms with van der Waals surface area (Å²) in [6.07, 6.45) is 6.99. The molecule has 2 heterocycles. The first-order chi connectivity index (χ1) is 13.3. The first-order valence-corrected chi connectivity index (χ1v) is 9.35. The molecule has 0 radical (unpaired) electrons. The molecule has 1 saturated heterocycles. The Morgan fingerprint density at radius 2 is 2.15 bits per heavy atom. The Morgan fingerprint density at radius 1 is 1.30 bits per heavy atom. The van der Waals surface area contributed by atoms with Crippen LogP contribution in [0.15, 0.2) is 54.3 Å². The molecule has 6 nitrogen and oxygen atoms in total. The largest absolute Gasteiger partial charge is 0.493 e. The van der Waals surface area contributed by atoms with Crippen molar-refractivity contribution in [3.63, 3.8) is 0 Å². The highest BCUT2D eigenvalue weighted by Crippen LogP contribution is 2.27. The van der Waals surface area contributed by atoms with Crippen LogP contribution in [0.2, 0.25) is 5.02 Å². The van der Waals surface area contributed by atoms with Gasteiger partial charge in [0, 0.05) is 13.1 Å². The van der Waals surface area contributed by atoms with E-state index >= 15 is 0 Å². The van der Waals surface area contributed by atoms with Gasteiger partial charge >= 0.3 is 0 Å². The van der Waals surface area contributed by atoms with E-state index in [2.05, 4.69) is 26.8 Å². The van der Waals surface area contributed by atoms with Crippen LogP contribution in [0.25, 0.3) is 0 Å². The number of piperidine rings is 1. The number of anilines is 1. The molecule has 1 aliphatic heterocycles. The Balaban J connectivity index is 1.47. The zero-order chi connectivity index (χ0) is 18.9. The van der Waals surface area contributed by atoms with E-state index < -0.39 is 0 Å². The van der Waals surface area contributed by atoms with Gasteiger partial charge in [0.25, 0.3) is 0 Å². The van der Waals surface area contributed by atoms with Crippen molar-refractivity contribution in [3.05, 3.63) is 59.8 Å². The van der Waals surface area contributed by atoms with Gasteiger partial charge in [0.15, 0.2) is 5.82 Å². The fourth-order valence-electron chi connectivity index (χ4n) is 2.93. The van der Waals surface area contributed by atoms with Gasteiger partial charge in [-0.05, 0) is 42.5 Å². The van der Waals surface area contributed by atoms with Crippen molar-refractivity contribution in [1.29, 1.82) is 0 Å². The van der Waals surface area contributed by atoms with E-state index in [9.17, 15) is 0 Å². The minimum atomic E-state index is 0.394. The molecule has 7 heteroatoms. The van der Waals surface area contributed by atoms with Crippen molar-refractivity contribution < 1.29 is 9.57 Å². The smallest absolute Gasteiger partial charge is 0.170 e. The molecule has 1 aromatic heterocycles. The lowest BCUT2D eigenvalue weighted by atomic mass is 9.98. The van der Waals surface area contributed by atoms with Crippen LogP contribution < -0.4 is 9.64 Å². The van der Waals surface area contributed by atoms with Gasteiger partial charge in [-0.3, -0.25) is 0 Å². The molecule has 0 bridgehead atoms. The highest BCUT2D eigenvalue weighted by molar-refractivity contribution is 6.32. The molecule has 0 amide bonds. The zero-order valence-corrected chi connectivity index (χ0v) is 15.9. The van der Waals surface area contributed by atoms with Crippen molar-refractivity contribution in [3.8, 4) is 5.75 Å². The summed E-state index contributed by atoms with van der Waals surface area (Å²) in [5.74, 6) is 2.11. The summed E-state index contributed by atoms with van der Waals surface area (Å²) in [4.78, 5) is 7.21. The summed E-state index contributed by atoms with van der Waals surface area (Å²) in [6, 6.07) is 9.59. The van der Waals surface area contributed by atoms with Gasteiger partial charge < -0.3 is 14.5 Å². The van der Waals surface area contributed by atoms with E-state index in [0.717, 1.165) is 43.1 Å². The van der Waals surface area contributed by atoms with E-state index in [1.165, 1.54) is 0 Å². The van der Waals surface area contributed by atoms with E-state index in [-0.39, 0.29) is 0 Å². The maximum Gasteiger partial charge on any atom is 0.170 e. The molecule has 0 atom stereocenters. The lowest BCUT2D eigenvalue weighted by molar-refractivity contribution is 0.176. The van der Waals surface area contributed by atoms with Gasteiger partial charge in [-0.25, -0.2) is 0 Å². The van der Waals surface area contributed by atoms with Crippen LogP contribution >= 0.6 is 11.6 Å². The maximum absolute atomic E-state index is 6.21. The Bertz CT molecular complexity index is 776. The van der Waals surface area contributed by atoms with Crippen molar-refractivity contribution in [2.75, 3.05) is 31.2 Å². The van der Waals surface area contributed by atoms with Gasteiger partial charge in [0.2, 0.25) is 0 Å². The van der Waals surface area contributed by atoms with E-state index in [4.69, 9.17) is 21.2 Å². The standard InChI is InChI=1S/C20H23ClN4O2/c1-2-12-27-23-14-17-4-3-5-18(13-17)26-15-16-7-10-25(11-8-16)20-19(21)6-9-22-24-20/h2-6,9,13-14,16H,1,7-8,10-12,15H2. The average molecular weight is 387 g/mol. The molecule has 0 spiro atoms.